The van der Waals surface area contributed by atoms with Crippen molar-refractivity contribution in [2.45, 2.75) is 20.3 Å². The average molecular weight is 316 g/mol. The third-order valence-corrected chi connectivity index (χ3v) is 3.72. The summed E-state index contributed by atoms with van der Waals surface area (Å²) < 4.78 is 5.65. The fourth-order valence-electron chi connectivity index (χ4n) is 2.46. The zero-order chi connectivity index (χ0) is 17.0. The molecule has 3 N–H and O–H groups in total. The summed E-state index contributed by atoms with van der Waals surface area (Å²) in [6.45, 7) is 4.43. The first-order valence-corrected chi connectivity index (χ1v) is 7.30. The summed E-state index contributed by atoms with van der Waals surface area (Å²) >= 11 is 0. The van der Waals surface area contributed by atoms with Gasteiger partial charge in [-0.2, -0.15) is 0 Å². The highest BCUT2D eigenvalue weighted by Gasteiger charge is 2.19. The number of hydrogen-bond acceptors (Lipinski definition) is 3. The number of H-pyrrole nitrogens is 1. The van der Waals surface area contributed by atoms with Crippen LogP contribution in [0.15, 0.2) is 24.3 Å². The van der Waals surface area contributed by atoms with Crippen LogP contribution in [-0.4, -0.2) is 35.6 Å². The predicted octanol–water partition coefficient (Wildman–Crippen LogP) is 2.31. The molecule has 23 heavy (non-hydrogen) atoms. The Bertz CT molecular complexity index is 714. The van der Waals surface area contributed by atoms with E-state index >= 15 is 0 Å². The third-order valence-electron chi connectivity index (χ3n) is 3.72. The molecule has 0 unspecified atom stereocenters. The zero-order valence-electron chi connectivity index (χ0n) is 13.4. The Balaban J connectivity index is 2.14. The maximum atomic E-state index is 11.8. The number of amides is 1. The van der Waals surface area contributed by atoms with E-state index in [2.05, 4.69) is 10.3 Å². The van der Waals surface area contributed by atoms with Gasteiger partial charge in [-0.1, -0.05) is 18.2 Å². The molecule has 2 rings (SSSR count). The summed E-state index contributed by atoms with van der Waals surface area (Å²) in [4.78, 5) is 25.4. The fourth-order valence-corrected chi connectivity index (χ4v) is 2.46. The number of benzene rings is 1. The van der Waals surface area contributed by atoms with Gasteiger partial charge in [0.2, 0.25) is 0 Å². The average Bonchev–Trinajstić information content (AvgIpc) is 2.94. The molecule has 0 bridgehead atoms. The molecule has 1 aromatic heterocycles. The van der Waals surface area contributed by atoms with Gasteiger partial charge < -0.3 is 20.1 Å². The van der Waals surface area contributed by atoms with Crippen molar-refractivity contribution in [3.63, 3.8) is 0 Å². The van der Waals surface area contributed by atoms with Gasteiger partial charge in [-0.05, 0) is 30.5 Å². The van der Waals surface area contributed by atoms with Crippen LogP contribution in [-0.2, 0) is 6.42 Å². The van der Waals surface area contributed by atoms with Crippen LogP contribution in [0.1, 0.15) is 37.7 Å². The van der Waals surface area contributed by atoms with E-state index in [1.54, 1.807) is 0 Å². The van der Waals surface area contributed by atoms with E-state index in [0.29, 0.717) is 13.0 Å². The van der Waals surface area contributed by atoms with Gasteiger partial charge in [0, 0.05) is 19.5 Å². The molecule has 1 amide bonds. The van der Waals surface area contributed by atoms with Gasteiger partial charge in [0.1, 0.15) is 11.4 Å². The molecule has 122 valence electrons. The molecule has 0 saturated carbocycles. The molecule has 0 aliphatic carbocycles. The smallest absolute Gasteiger partial charge is 0.352 e. The second kappa shape index (κ2) is 7.00. The lowest BCUT2D eigenvalue weighted by atomic mass is 10.0. The van der Waals surface area contributed by atoms with Gasteiger partial charge in [-0.3, -0.25) is 4.79 Å². The Morgan fingerprint density at radius 1 is 1.26 bits per heavy atom. The number of aromatic carboxylic acids is 1. The van der Waals surface area contributed by atoms with Gasteiger partial charge >= 0.3 is 5.97 Å². The predicted molar refractivity (Wildman–Crippen MR) is 86.3 cm³/mol. The number of nitrogens with one attached hydrogen (secondary N) is 2. The van der Waals surface area contributed by atoms with Crippen LogP contribution in [0.25, 0.3) is 0 Å². The number of carbonyl (C=O) groups is 2. The fraction of sp³-hybridized carbons (Fsp3) is 0.294. The second-order valence-electron chi connectivity index (χ2n) is 5.28. The Morgan fingerprint density at radius 3 is 2.48 bits per heavy atom. The molecule has 6 nitrogen and oxygen atoms in total. The Hall–Kier alpha value is -2.76. The van der Waals surface area contributed by atoms with Crippen molar-refractivity contribution in [3.8, 4) is 5.75 Å². The quantitative estimate of drug-likeness (QED) is 0.762. The van der Waals surface area contributed by atoms with Gasteiger partial charge in [-0.25, -0.2) is 4.79 Å². The first-order valence-electron chi connectivity index (χ1n) is 7.30. The topological polar surface area (TPSA) is 91.4 Å². The lowest BCUT2D eigenvalue weighted by Gasteiger charge is -2.11. The van der Waals surface area contributed by atoms with Crippen LogP contribution in [0, 0.1) is 13.8 Å². The Morgan fingerprint density at radius 2 is 1.91 bits per heavy atom. The SMILES string of the molecule is CNC(=O)c1[nH]c(C(=O)O)cc1OCCc1c(C)cccc1C. The van der Waals surface area contributed by atoms with Crippen molar-refractivity contribution in [3.05, 3.63) is 52.3 Å². The molecule has 0 aliphatic rings. The minimum absolute atomic E-state index is 0.0781. The maximum Gasteiger partial charge on any atom is 0.352 e. The molecule has 0 spiro atoms. The molecule has 0 atom stereocenters. The number of aromatic amines is 1. The summed E-state index contributed by atoms with van der Waals surface area (Å²) in [7, 11) is 1.48. The maximum absolute atomic E-state index is 11.8. The second-order valence-corrected chi connectivity index (χ2v) is 5.28. The van der Waals surface area contributed by atoms with Gasteiger partial charge in [0.05, 0.1) is 6.61 Å². The molecule has 1 aromatic carbocycles. The van der Waals surface area contributed by atoms with E-state index in [1.807, 2.05) is 32.0 Å². The van der Waals surface area contributed by atoms with Gasteiger partial charge in [0.25, 0.3) is 5.91 Å². The van der Waals surface area contributed by atoms with Gasteiger partial charge in [0.15, 0.2) is 5.75 Å². The van der Waals surface area contributed by atoms with Gasteiger partial charge in [-0.15, -0.1) is 0 Å². The number of rotatable bonds is 6. The van der Waals surface area contributed by atoms with Crippen LogP contribution >= 0.6 is 0 Å². The minimum Gasteiger partial charge on any atom is -0.491 e. The highest BCUT2D eigenvalue weighted by molar-refractivity contribution is 5.97. The summed E-state index contributed by atoms with van der Waals surface area (Å²) in [5.41, 5.74) is 3.60. The molecule has 0 aliphatic heterocycles. The number of aryl methyl sites for hydroxylation is 2. The normalized spacial score (nSPS) is 10.4. The number of carboxylic acid groups (broad SMARTS) is 1. The molecule has 6 heteroatoms. The summed E-state index contributed by atoms with van der Waals surface area (Å²) in [5.74, 6) is -1.31. The van der Waals surface area contributed by atoms with Crippen LogP contribution in [0.5, 0.6) is 5.75 Å². The number of carboxylic acids is 1. The van der Waals surface area contributed by atoms with Crippen LogP contribution < -0.4 is 10.1 Å². The van der Waals surface area contributed by atoms with Crippen molar-refractivity contribution >= 4 is 11.9 Å². The molecular weight excluding hydrogens is 296 g/mol. The summed E-state index contributed by atoms with van der Waals surface area (Å²) in [5, 5.41) is 11.5. The largest absolute Gasteiger partial charge is 0.491 e. The first kappa shape index (κ1) is 16.6. The zero-order valence-corrected chi connectivity index (χ0v) is 13.4. The van der Waals surface area contributed by atoms with E-state index in [1.165, 1.54) is 29.8 Å². The first-order chi connectivity index (χ1) is 10.9. The number of carbonyl (C=O) groups excluding carboxylic acids is 1. The molecule has 0 radical (unpaired) electrons. The number of ether oxygens (including phenoxy) is 1. The van der Waals surface area contributed by atoms with Crippen molar-refractivity contribution in [1.82, 2.24) is 10.3 Å². The molecule has 1 heterocycles. The van der Waals surface area contributed by atoms with Crippen molar-refractivity contribution in [2.75, 3.05) is 13.7 Å². The van der Waals surface area contributed by atoms with Crippen molar-refractivity contribution in [1.29, 1.82) is 0 Å². The molecule has 0 fully saturated rings. The van der Waals surface area contributed by atoms with Crippen LogP contribution in [0.4, 0.5) is 0 Å². The standard InChI is InChI=1S/C17H20N2O4/c1-10-5-4-6-11(2)12(10)7-8-23-14-9-13(17(21)22)19-15(14)16(20)18-3/h4-6,9,19H,7-8H2,1-3H3,(H,18,20)(H,21,22). The number of aromatic nitrogens is 1. The summed E-state index contributed by atoms with van der Waals surface area (Å²) in [6.07, 6.45) is 0.680. The Labute approximate surface area is 134 Å². The lowest BCUT2D eigenvalue weighted by Crippen LogP contribution is -2.19. The van der Waals surface area contributed by atoms with E-state index in [-0.39, 0.29) is 17.1 Å². The van der Waals surface area contributed by atoms with Crippen molar-refractivity contribution in [2.24, 2.45) is 0 Å². The van der Waals surface area contributed by atoms with E-state index in [4.69, 9.17) is 9.84 Å². The highest BCUT2D eigenvalue weighted by atomic mass is 16.5. The van der Waals surface area contributed by atoms with E-state index < -0.39 is 11.9 Å². The lowest BCUT2D eigenvalue weighted by molar-refractivity contribution is 0.0691. The minimum atomic E-state index is -1.14. The summed E-state index contributed by atoms with van der Waals surface area (Å²) in [6, 6.07) is 7.41. The monoisotopic (exact) mass is 316 g/mol. The van der Waals surface area contributed by atoms with Crippen LogP contribution in [0.3, 0.4) is 0 Å². The van der Waals surface area contributed by atoms with E-state index in [9.17, 15) is 9.59 Å². The number of hydrogen-bond donors (Lipinski definition) is 3. The van der Waals surface area contributed by atoms with Crippen molar-refractivity contribution < 1.29 is 19.4 Å². The van der Waals surface area contributed by atoms with Crippen LogP contribution in [0.2, 0.25) is 0 Å². The molecule has 0 saturated heterocycles. The molecule has 2 aromatic rings. The Kier molecular flexibility index (Phi) is 5.05. The third kappa shape index (κ3) is 3.71. The molecular formula is C17H20N2O4. The highest BCUT2D eigenvalue weighted by Crippen LogP contribution is 2.21. The van der Waals surface area contributed by atoms with E-state index in [0.717, 1.165) is 0 Å².